The Morgan fingerprint density at radius 2 is 2.00 bits per heavy atom. The molecule has 7 heteroatoms. The van der Waals surface area contributed by atoms with Crippen molar-refractivity contribution < 1.29 is 14.4 Å². The number of carbonyl (C=O) groups excluding carboxylic acids is 3. The normalized spacial score (nSPS) is 27.7. The summed E-state index contributed by atoms with van der Waals surface area (Å²) in [6.07, 6.45) is 6.52. The molecule has 0 bridgehead atoms. The quantitative estimate of drug-likeness (QED) is 0.748. The third-order valence-electron chi connectivity index (χ3n) is 5.73. The fraction of sp³-hybridized carbons (Fsp3) is 0.824. The van der Waals surface area contributed by atoms with Crippen molar-refractivity contribution >= 4 is 17.8 Å². The highest BCUT2D eigenvalue weighted by atomic mass is 16.2. The summed E-state index contributed by atoms with van der Waals surface area (Å²) < 4.78 is 0. The molecule has 0 aromatic carbocycles. The van der Waals surface area contributed by atoms with Crippen LogP contribution in [0.5, 0.6) is 0 Å². The summed E-state index contributed by atoms with van der Waals surface area (Å²) in [5.41, 5.74) is 5.32. The van der Waals surface area contributed by atoms with E-state index in [1.165, 1.54) is 4.90 Å². The Labute approximate surface area is 142 Å². The van der Waals surface area contributed by atoms with Crippen molar-refractivity contribution in [2.24, 2.45) is 5.73 Å². The average Bonchev–Trinajstić information content (AvgIpc) is 3.12. The van der Waals surface area contributed by atoms with E-state index in [1.54, 1.807) is 0 Å². The number of likely N-dealkylation sites (tertiary alicyclic amines) is 1. The maximum Gasteiger partial charge on any atom is 0.325 e. The summed E-state index contributed by atoms with van der Waals surface area (Å²) in [5, 5.41) is 2.85. The largest absolute Gasteiger partial charge is 0.338 e. The number of imide groups is 1. The summed E-state index contributed by atoms with van der Waals surface area (Å²) >= 11 is 0. The Bertz CT molecular complexity index is 528. The first kappa shape index (κ1) is 17.2. The molecule has 2 heterocycles. The molecule has 134 valence electrons. The monoisotopic (exact) mass is 336 g/mol. The highest BCUT2D eigenvalue weighted by Crippen LogP contribution is 2.35. The van der Waals surface area contributed by atoms with Gasteiger partial charge in [-0.3, -0.25) is 14.5 Å². The molecule has 3 fully saturated rings. The molecular formula is C17H28N4O3. The van der Waals surface area contributed by atoms with Gasteiger partial charge in [-0.25, -0.2) is 4.79 Å². The van der Waals surface area contributed by atoms with Crippen LogP contribution in [0.4, 0.5) is 4.79 Å². The second-order valence-corrected chi connectivity index (χ2v) is 7.44. The van der Waals surface area contributed by atoms with Crippen LogP contribution in [0.15, 0.2) is 0 Å². The number of carbonyl (C=O) groups is 3. The molecule has 7 nitrogen and oxygen atoms in total. The van der Waals surface area contributed by atoms with E-state index in [4.69, 9.17) is 5.73 Å². The van der Waals surface area contributed by atoms with Gasteiger partial charge in [-0.2, -0.15) is 0 Å². The molecule has 3 aliphatic rings. The summed E-state index contributed by atoms with van der Waals surface area (Å²) in [6, 6.07) is -0.347. The molecule has 2 unspecified atom stereocenters. The lowest BCUT2D eigenvalue weighted by atomic mass is 9.96. The first-order valence-corrected chi connectivity index (χ1v) is 9.14. The number of nitrogens with zero attached hydrogens (tertiary/aromatic N) is 2. The minimum Gasteiger partial charge on any atom is -0.338 e. The summed E-state index contributed by atoms with van der Waals surface area (Å²) in [6.45, 7) is 2.81. The zero-order chi connectivity index (χ0) is 17.3. The van der Waals surface area contributed by atoms with Crippen molar-refractivity contribution in [3.05, 3.63) is 0 Å². The van der Waals surface area contributed by atoms with Crippen molar-refractivity contribution in [1.29, 1.82) is 0 Å². The van der Waals surface area contributed by atoms with Crippen molar-refractivity contribution in [3.8, 4) is 0 Å². The lowest BCUT2D eigenvalue weighted by Gasteiger charge is -2.38. The highest BCUT2D eigenvalue weighted by Gasteiger charge is 2.52. The van der Waals surface area contributed by atoms with Gasteiger partial charge < -0.3 is 16.0 Å². The fourth-order valence-corrected chi connectivity index (χ4v) is 4.36. The van der Waals surface area contributed by atoms with E-state index >= 15 is 0 Å². The predicted octanol–water partition coefficient (Wildman–Crippen LogP) is 0.969. The van der Waals surface area contributed by atoms with Gasteiger partial charge in [0.1, 0.15) is 5.54 Å². The highest BCUT2D eigenvalue weighted by molar-refractivity contribution is 6.07. The molecule has 0 radical (unpaired) electrons. The first-order chi connectivity index (χ1) is 11.4. The minimum atomic E-state index is -0.695. The standard InChI is InChI=1S/C17H28N4O3/c1-12(18)13-6-2-5-10-20(13)14(22)7-11-21-15(23)17(19-16(21)24)8-3-4-9-17/h12-13H,2-11,18H2,1H3,(H,19,24). The molecule has 1 aliphatic carbocycles. The third kappa shape index (κ3) is 3.01. The van der Waals surface area contributed by atoms with Crippen LogP contribution in [0.1, 0.15) is 58.3 Å². The maximum absolute atomic E-state index is 12.6. The van der Waals surface area contributed by atoms with Gasteiger partial charge >= 0.3 is 6.03 Å². The van der Waals surface area contributed by atoms with E-state index in [2.05, 4.69) is 5.32 Å². The number of piperidine rings is 1. The van der Waals surface area contributed by atoms with Crippen LogP contribution in [0.3, 0.4) is 0 Å². The van der Waals surface area contributed by atoms with Gasteiger partial charge in [0.2, 0.25) is 5.91 Å². The van der Waals surface area contributed by atoms with Gasteiger partial charge in [0.15, 0.2) is 0 Å². The molecule has 2 atom stereocenters. The van der Waals surface area contributed by atoms with Crippen LogP contribution in [0.2, 0.25) is 0 Å². The van der Waals surface area contributed by atoms with E-state index in [1.807, 2.05) is 11.8 Å². The number of hydrogen-bond donors (Lipinski definition) is 2. The van der Waals surface area contributed by atoms with Gasteiger partial charge in [0.25, 0.3) is 5.91 Å². The Morgan fingerprint density at radius 1 is 1.29 bits per heavy atom. The molecule has 24 heavy (non-hydrogen) atoms. The van der Waals surface area contributed by atoms with Crippen LogP contribution in [-0.2, 0) is 9.59 Å². The molecule has 1 spiro atoms. The lowest BCUT2D eigenvalue weighted by molar-refractivity contribution is -0.136. The Hall–Kier alpha value is -1.63. The van der Waals surface area contributed by atoms with Crippen LogP contribution in [0.25, 0.3) is 0 Å². The Balaban J connectivity index is 1.59. The van der Waals surface area contributed by atoms with Crippen LogP contribution in [-0.4, -0.2) is 58.4 Å². The third-order valence-corrected chi connectivity index (χ3v) is 5.73. The van der Waals surface area contributed by atoms with Crippen LogP contribution in [0, 0.1) is 0 Å². The number of hydrogen-bond acceptors (Lipinski definition) is 4. The number of urea groups is 1. The minimum absolute atomic E-state index is 0.00929. The molecule has 2 saturated heterocycles. The number of amides is 4. The van der Waals surface area contributed by atoms with E-state index in [-0.39, 0.29) is 42.9 Å². The summed E-state index contributed by atoms with van der Waals surface area (Å²) in [4.78, 5) is 40.4. The van der Waals surface area contributed by atoms with Gasteiger partial charge in [0, 0.05) is 31.6 Å². The average molecular weight is 336 g/mol. The van der Waals surface area contributed by atoms with Gasteiger partial charge in [-0.1, -0.05) is 12.8 Å². The van der Waals surface area contributed by atoms with Crippen molar-refractivity contribution in [2.45, 2.75) is 75.9 Å². The van der Waals surface area contributed by atoms with Crippen LogP contribution >= 0.6 is 0 Å². The van der Waals surface area contributed by atoms with E-state index in [9.17, 15) is 14.4 Å². The van der Waals surface area contributed by atoms with Gasteiger partial charge in [0.05, 0.1) is 0 Å². The molecular weight excluding hydrogens is 308 g/mol. The number of nitrogens with one attached hydrogen (secondary N) is 1. The summed E-state index contributed by atoms with van der Waals surface area (Å²) in [7, 11) is 0. The van der Waals surface area contributed by atoms with Crippen molar-refractivity contribution in [1.82, 2.24) is 15.1 Å². The van der Waals surface area contributed by atoms with Crippen molar-refractivity contribution in [2.75, 3.05) is 13.1 Å². The van der Waals surface area contributed by atoms with E-state index < -0.39 is 5.54 Å². The fourth-order valence-electron chi connectivity index (χ4n) is 4.36. The second-order valence-electron chi connectivity index (χ2n) is 7.44. The zero-order valence-corrected chi connectivity index (χ0v) is 14.4. The summed E-state index contributed by atoms with van der Waals surface area (Å²) in [5.74, 6) is -0.162. The molecule has 2 aliphatic heterocycles. The van der Waals surface area contributed by atoms with Gasteiger partial charge in [-0.15, -0.1) is 0 Å². The maximum atomic E-state index is 12.6. The SMILES string of the molecule is CC(N)C1CCCCN1C(=O)CCN1C(=O)NC2(CCCC2)C1=O. The van der Waals surface area contributed by atoms with Gasteiger partial charge in [-0.05, 0) is 39.0 Å². The number of nitrogens with two attached hydrogens (primary N) is 1. The molecule has 3 rings (SSSR count). The van der Waals surface area contributed by atoms with E-state index in [0.29, 0.717) is 12.8 Å². The van der Waals surface area contributed by atoms with Crippen molar-refractivity contribution in [3.63, 3.8) is 0 Å². The Morgan fingerprint density at radius 3 is 2.67 bits per heavy atom. The molecule has 0 aromatic heterocycles. The topological polar surface area (TPSA) is 95.7 Å². The molecule has 3 N–H and O–H groups in total. The van der Waals surface area contributed by atoms with Crippen LogP contribution < -0.4 is 11.1 Å². The molecule has 1 saturated carbocycles. The molecule has 4 amide bonds. The second kappa shape index (κ2) is 6.70. The zero-order valence-electron chi connectivity index (χ0n) is 14.4. The Kier molecular flexibility index (Phi) is 4.80. The smallest absolute Gasteiger partial charge is 0.325 e. The lowest BCUT2D eigenvalue weighted by Crippen LogP contribution is -2.52. The van der Waals surface area contributed by atoms with E-state index in [0.717, 1.165) is 38.6 Å². The molecule has 0 aromatic rings. The first-order valence-electron chi connectivity index (χ1n) is 9.14. The predicted molar refractivity (Wildman–Crippen MR) is 89.1 cm³/mol. The number of rotatable bonds is 4.